The van der Waals surface area contributed by atoms with Crippen molar-refractivity contribution in [1.82, 2.24) is 15.0 Å². The average molecular weight is 367 g/mol. The largest absolute Gasteiger partial charge is 0.300 e. The van der Waals surface area contributed by atoms with Gasteiger partial charge in [-0.05, 0) is 38.0 Å². The highest BCUT2D eigenvalue weighted by Crippen LogP contribution is 2.33. The van der Waals surface area contributed by atoms with Gasteiger partial charge in [0.2, 0.25) is 0 Å². The van der Waals surface area contributed by atoms with Crippen LogP contribution in [-0.4, -0.2) is 15.0 Å². The minimum absolute atomic E-state index is 0.0866. The van der Waals surface area contributed by atoms with Gasteiger partial charge in [0, 0.05) is 16.8 Å². The van der Waals surface area contributed by atoms with E-state index in [-0.39, 0.29) is 5.56 Å². The lowest BCUT2D eigenvalue weighted by molar-refractivity contribution is 0.979. The highest BCUT2D eigenvalue weighted by molar-refractivity contribution is 7.98. The molecule has 3 aromatic heterocycles. The van der Waals surface area contributed by atoms with E-state index in [2.05, 4.69) is 41.2 Å². The van der Waals surface area contributed by atoms with Crippen molar-refractivity contribution in [2.24, 2.45) is 0 Å². The number of pyridine rings is 1. The van der Waals surface area contributed by atoms with E-state index in [4.69, 9.17) is 4.98 Å². The fourth-order valence-electron chi connectivity index (χ4n) is 2.87. The standard InChI is InChI=1S/C19H17N3OS2/c1-10-4-6-13(7-5-10)9-24-19-21-15-14-11(2)8-12(3)20-18(14)25-16(15)17(23)22-19/h4-8H,9H2,1-3H3,(H,21,22,23). The average Bonchev–Trinajstić information content (AvgIpc) is 2.93. The number of benzene rings is 1. The number of aryl methyl sites for hydroxylation is 3. The minimum Gasteiger partial charge on any atom is -0.300 e. The van der Waals surface area contributed by atoms with Gasteiger partial charge < -0.3 is 4.98 Å². The van der Waals surface area contributed by atoms with E-state index < -0.39 is 0 Å². The molecule has 0 atom stereocenters. The van der Waals surface area contributed by atoms with Crippen LogP contribution >= 0.6 is 23.1 Å². The van der Waals surface area contributed by atoms with Gasteiger partial charge in [0.05, 0.1) is 5.52 Å². The Hall–Kier alpha value is -2.18. The number of thioether (sulfide) groups is 1. The van der Waals surface area contributed by atoms with Gasteiger partial charge in [0.25, 0.3) is 5.56 Å². The van der Waals surface area contributed by atoms with Crippen LogP contribution in [0.15, 0.2) is 40.3 Å². The normalized spacial score (nSPS) is 11.5. The monoisotopic (exact) mass is 367 g/mol. The molecule has 0 spiro atoms. The van der Waals surface area contributed by atoms with Crippen LogP contribution in [0.25, 0.3) is 20.4 Å². The summed E-state index contributed by atoms with van der Waals surface area (Å²) in [6, 6.07) is 10.4. The van der Waals surface area contributed by atoms with Gasteiger partial charge in [-0.3, -0.25) is 4.79 Å². The first-order chi connectivity index (χ1) is 12.0. The summed E-state index contributed by atoms with van der Waals surface area (Å²) in [6.07, 6.45) is 0. The van der Waals surface area contributed by atoms with Crippen LogP contribution in [0.2, 0.25) is 0 Å². The quantitative estimate of drug-likeness (QED) is 0.419. The summed E-state index contributed by atoms with van der Waals surface area (Å²) in [5, 5.41) is 1.65. The number of H-pyrrole nitrogens is 1. The topological polar surface area (TPSA) is 58.6 Å². The molecule has 3 heterocycles. The maximum absolute atomic E-state index is 12.5. The van der Waals surface area contributed by atoms with Gasteiger partial charge in [0.1, 0.15) is 9.53 Å². The minimum atomic E-state index is -0.0866. The molecule has 4 rings (SSSR count). The van der Waals surface area contributed by atoms with E-state index >= 15 is 0 Å². The summed E-state index contributed by atoms with van der Waals surface area (Å²) in [7, 11) is 0. The number of aromatic amines is 1. The van der Waals surface area contributed by atoms with E-state index in [9.17, 15) is 4.79 Å². The predicted octanol–water partition coefficient (Wildman–Crippen LogP) is 4.75. The summed E-state index contributed by atoms with van der Waals surface area (Å²) < 4.78 is 0.649. The van der Waals surface area contributed by atoms with Gasteiger partial charge in [-0.2, -0.15) is 0 Å². The Balaban J connectivity index is 1.76. The molecule has 6 heteroatoms. The number of hydrogen-bond acceptors (Lipinski definition) is 5. The lowest BCUT2D eigenvalue weighted by Gasteiger charge is -2.03. The third-order valence-electron chi connectivity index (χ3n) is 4.10. The van der Waals surface area contributed by atoms with E-state index in [1.54, 1.807) is 11.8 Å². The fourth-order valence-corrected chi connectivity index (χ4v) is 4.82. The molecule has 0 radical (unpaired) electrons. The Kier molecular flexibility index (Phi) is 4.09. The Morgan fingerprint density at radius 3 is 2.64 bits per heavy atom. The van der Waals surface area contributed by atoms with Gasteiger partial charge in [0.15, 0.2) is 5.16 Å². The molecule has 0 fully saturated rings. The summed E-state index contributed by atoms with van der Waals surface area (Å²) >= 11 is 2.96. The van der Waals surface area contributed by atoms with Crippen molar-refractivity contribution in [2.75, 3.05) is 0 Å². The zero-order valence-electron chi connectivity index (χ0n) is 14.2. The number of thiophene rings is 1. The summed E-state index contributed by atoms with van der Waals surface area (Å²) in [6.45, 7) is 6.09. The SMILES string of the molecule is Cc1ccc(CSc2nc3c(sc4nc(C)cc(C)c43)c(=O)[nH]2)cc1. The molecule has 0 aliphatic rings. The van der Waals surface area contributed by atoms with Crippen LogP contribution in [0.3, 0.4) is 0 Å². The van der Waals surface area contributed by atoms with Crippen LogP contribution in [0.1, 0.15) is 22.4 Å². The highest BCUT2D eigenvalue weighted by atomic mass is 32.2. The van der Waals surface area contributed by atoms with Gasteiger partial charge in [-0.25, -0.2) is 9.97 Å². The first-order valence-electron chi connectivity index (χ1n) is 8.00. The molecule has 0 bridgehead atoms. The molecule has 0 saturated heterocycles. The van der Waals surface area contributed by atoms with Crippen molar-refractivity contribution in [1.29, 1.82) is 0 Å². The third-order valence-corrected chi connectivity index (χ3v) is 6.11. The first-order valence-corrected chi connectivity index (χ1v) is 9.80. The summed E-state index contributed by atoms with van der Waals surface area (Å²) in [5.74, 6) is 0.771. The van der Waals surface area contributed by atoms with Crippen LogP contribution in [0.5, 0.6) is 0 Å². The van der Waals surface area contributed by atoms with E-state index in [0.717, 1.165) is 32.7 Å². The predicted molar refractivity (Wildman–Crippen MR) is 106 cm³/mol. The van der Waals surface area contributed by atoms with Crippen molar-refractivity contribution < 1.29 is 0 Å². The Labute approximate surface area is 153 Å². The molecule has 4 nitrogen and oxygen atoms in total. The molecular formula is C19H17N3OS2. The van der Waals surface area contributed by atoms with Crippen LogP contribution in [-0.2, 0) is 5.75 Å². The highest BCUT2D eigenvalue weighted by Gasteiger charge is 2.15. The number of hydrogen-bond donors (Lipinski definition) is 1. The molecule has 1 N–H and O–H groups in total. The lowest BCUT2D eigenvalue weighted by Crippen LogP contribution is -2.07. The van der Waals surface area contributed by atoms with Gasteiger partial charge in [-0.1, -0.05) is 41.6 Å². The molecule has 0 saturated carbocycles. The summed E-state index contributed by atoms with van der Waals surface area (Å²) in [4.78, 5) is 25.6. The van der Waals surface area contributed by atoms with Crippen molar-refractivity contribution in [3.8, 4) is 0 Å². The number of rotatable bonds is 3. The van der Waals surface area contributed by atoms with Gasteiger partial charge in [-0.15, -0.1) is 11.3 Å². The van der Waals surface area contributed by atoms with Gasteiger partial charge >= 0.3 is 0 Å². The second kappa shape index (κ2) is 6.28. The maximum Gasteiger partial charge on any atom is 0.269 e. The van der Waals surface area contributed by atoms with Crippen molar-refractivity contribution in [2.45, 2.75) is 31.7 Å². The molecule has 4 aromatic rings. The smallest absolute Gasteiger partial charge is 0.269 e. The number of nitrogens with one attached hydrogen (secondary N) is 1. The molecule has 0 aliphatic carbocycles. The number of nitrogens with zero attached hydrogens (tertiary/aromatic N) is 2. The Morgan fingerprint density at radius 1 is 1.12 bits per heavy atom. The third kappa shape index (κ3) is 3.07. The maximum atomic E-state index is 12.5. The van der Waals surface area contributed by atoms with Crippen molar-refractivity contribution in [3.63, 3.8) is 0 Å². The molecule has 1 aromatic carbocycles. The first kappa shape index (κ1) is 16.3. The van der Waals surface area contributed by atoms with Crippen molar-refractivity contribution in [3.05, 3.63) is 63.1 Å². The fraction of sp³-hybridized carbons (Fsp3) is 0.211. The Morgan fingerprint density at radius 2 is 1.88 bits per heavy atom. The second-order valence-electron chi connectivity index (χ2n) is 6.19. The number of fused-ring (bicyclic) bond motifs is 3. The van der Waals surface area contributed by atoms with Crippen LogP contribution in [0, 0.1) is 20.8 Å². The molecule has 0 unspecified atom stereocenters. The van der Waals surface area contributed by atoms with Crippen molar-refractivity contribution >= 4 is 43.5 Å². The molecular weight excluding hydrogens is 350 g/mol. The van der Waals surface area contributed by atoms with Crippen LogP contribution < -0.4 is 5.56 Å². The molecule has 25 heavy (non-hydrogen) atoms. The zero-order valence-corrected chi connectivity index (χ0v) is 15.8. The lowest BCUT2D eigenvalue weighted by atomic mass is 10.1. The van der Waals surface area contributed by atoms with E-state index in [1.165, 1.54) is 22.5 Å². The molecule has 0 aliphatic heterocycles. The zero-order chi connectivity index (χ0) is 17.6. The molecule has 0 amide bonds. The van der Waals surface area contributed by atoms with E-state index in [0.29, 0.717) is 9.86 Å². The van der Waals surface area contributed by atoms with E-state index in [1.807, 2.05) is 19.9 Å². The van der Waals surface area contributed by atoms with Crippen LogP contribution in [0.4, 0.5) is 0 Å². The molecule has 126 valence electrons. The number of aromatic nitrogens is 3. The summed E-state index contributed by atoms with van der Waals surface area (Å²) in [5.41, 5.74) is 5.20. The Bertz CT molecular complexity index is 1140. The second-order valence-corrected chi connectivity index (χ2v) is 8.15.